The van der Waals surface area contributed by atoms with Gasteiger partial charge < -0.3 is 4.74 Å². The number of aromatic nitrogens is 3. The van der Waals surface area contributed by atoms with E-state index in [2.05, 4.69) is 158 Å². The van der Waals surface area contributed by atoms with Crippen molar-refractivity contribution >= 4 is 0 Å². The Hall–Kier alpha value is -7.43. The highest BCUT2D eigenvalue weighted by Crippen LogP contribution is 2.62. The van der Waals surface area contributed by atoms with Crippen LogP contribution in [0.3, 0.4) is 0 Å². The van der Waals surface area contributed by atoms with Crippen molar-refractivity contribution in [3.63, 3.8) is 0 Å². The smallest absolute Gasteiger partial charge is 0.164 e. The van der Waals surface area contributed by atoms with E-state index in [1.807, 2.05) is 42.5 Å². The molecule has 0 unspecified atom stereocenters. The van der Waals surface area contributed by atoms with Crippen molar-refractivity contribution in [2.75, 3.05) is 0 Å². The van der Waals surface area contributed by atoms with E-state index in [0.717, 1.165) is 61.6 Å². The van der Waals surface area contributed by atoms with Crippen molar-refractivity contribution in [1.82, 2.24) is 15.0 Å². The van der Waals surface area contributed by atoms with E-state index in [1.54, 1.807) is 0 Å². The molecule has 1 spiro atoms. The molecule has 1 aliphatic heterocycles. The zero-order valence-corrected chi connectivity index (χ0v) is 30.3. The standard InChI is InChI=1S/C52H33N3O/c1-3-16-34(17-4-1)39-22-7-8-25-42(39)51-54-49(35-18-5-2-6-19-35)53-50(55-51)38-21-15-20-36(32-38)37-30-31-48-46(33-37)52(45-28-13-14-29-47(45)56-48)43-26-11-9-23-40(43)41-24-10-12-27-44(41)52/h1-33H. The van der Waals surface area contributed by atoms with Crippen LogP contribution in [0.4, 0.5) is 0 Å². The van der Waals surface area contributed by atoms with Crippen molar-refractivity contribution in [3.05, 3.63) is 222 Å². The predicted octanol–water partition coefficient (Wildman–Crippen LogP) is 12.7. The number of fused-ring (bicyclic) bond motifs is 9. The number of para-hydroxylation sites is 1. The molecule has 4 heteroatoms. The largest absolute Gasteiger partial charge is 0.457 e. The third kappa shape index (κ3) is 4.96. The lowest BCUT2D eigenvalue weighted by molar-refractivity contribution is 0.436. The monoisotopic (exact) mass is 715 g/mol. The van der Waals surface area contributed by atoms with Crippen molar-refractivity contribution in [2.24, 2.45) is 0 Å². The molecule has 0 radical (unpaired) electrons. The Morgan fingerprint density at radius 1 is 0.286 bits per heavy atom. The van der Waals surface area contributed by atoms with Gasteiger partial charge in [0.05, 0.1) is 5.41 Å². The zero-order valence-electron chi connectivity index (χ0n) is 30.3. The van der Waals surface area contributed by atoms with Crippen LogP contribution in [0.25, 0.3) is 67.5 Å². The summed E-state index contributed by atoms with van der Waals surface area (Å²) in [4.78, 5) is 15.4. The van der Waals surface area contributed by atoms with Crippen molar-refractivity contribution < 1.29 is 4.74 Å². The average molecular weight is 716 g/mol. The molecular formula is C52H33N3O. The van der Waals surface area contributed by atoms with E-state index in [1.165, 1.54) is 22.3 Å². The van der Waals surface area contributed by atoms with E-state index in [9.17, 15) is 0 Å². The Balaban J connectivity index is 1.08. The molecule has 0 saturated heterocycles. The SMILES string of the molecule is c1ccc(-c2nc(-c3cccc(-c4ccc5c(c4)C4(c6ccccc6O5)c5ccccc5-c5ccccc54)c3)nc(-c3ccccc3-c3ccccc3)n2)cc1. The third-order valence-corrected chi connectivity index (χ3v) is 11.2. The first-order valence-corrected chi connectivity index (χ1v) is 18.9. The summed E-state index contributed by atoms with van der Waals surface area (Å²) in [5.41, 5.74) is 13.9. The van der Waals surface area contributed by atoms with Gasteiger partial charge in [0.2, 0.25) is 0 Å². The maximum absolute atomic E-state index is 6.70. The van der Waals surface area contributed by atoms with E-state index in [0.29, 0.717) is 17.5 Å². The Kier molecular flexibility index (Phi) is 7.36. The Morgan fingerprint density at radius 2 is 0.768 bits per heavy atom. The summed E-state index contributed by atoms with van der Waals surface area (Å²) in [7, 11) is 0. The van der Waals surface area contributed by atoms with Gasteiger partial charge in [-0.3, -0.25) is 0 Å². The van der Waals surface area contributed by atoms with Gasteiger partial charge in [0, 0.05) is 27.8 Å². The average Bonchev–Trinajstić information content (AvgIpc) is 3.57. The number of nitrogens with zero attached hydrogens (tertiary/aromatic N) is 3. The van der Waals surface area contributed by atoms with Gasteiger partial charge in [-0.05, 0) is 68.8 Å². The molecule has 0 atom stereocenters. The quantitative estimate of drug-likeness (QED) is 0.178. The summed E-state index contributed by atoms with van der Waals surface area (Å²) in [6.45, 7) is 0. The molecule has 1 aliphatic carbocycles. The molecule has 4 nitrogen and oxygen atoms in total. The molecular weight excluding hydrogens is 683 g/mol. The Bertz CT molecular complexity index is 2910. The highest BCUT2D eigenvalue weighted by Gasteiger charge is 2.51. The minimum absolute atomic E-state index is 0.537. The summed E-state index contributed by atoms with van der Waals surface area (Å²) in [6, 6.07) is 70.2. The molecule has 0 fully saturated rings. The molecule has 0 N–H and O–H groups in total. The molecule has 0 saturated carbocycles. The first-order chi connectivity index (χ1) is 27.8. The molecule has 2 aliphatic rings. The maximum Gasteiger partial charge on any atom is 0.164 e. The number of ether oxygens (including phenoxy) is 1. The van der Waals surface area contributed by atoms with E-state index < -0.39 is 5.41 Å². The van der Waals surface area contributed by atoms with Crippen molar-refractivity contribution in [3.8, 4) is 79.0 Å². The highest BCUT2D eigenvalue weighted by atomic mass is 16.5. The normalized spacial score (nSPS) is 12.9. The summed E-state index contributed by atoms with van der Waals surface area (Å²) in [5.74, 6) is 3.62. The summed E-state index contributed by atoms with van der Waals surface area (Å²) in [5, 5.41) is 0. The zero-order chi connectivity index (χ0) is 37.1. The van der Waals surface area contributed by atoms with Gasteiger partial charge >= 0.3 is 0 Å². The minimum atomic E-state index is -0.537. The van der Waals surface area contributed by atoms with Gasteiger partial charge in [0.1, 0.15) is 11.5 Å². The van der Waals surface area contributed by atoms with E-state index >= 15 is 0 Å². The second kappa shape index (κ2) is 12.9. The van der Waals surface area contributed by atoms with Crippen LogP contribution in [0, 0.1) is 0 Å². The van der Waals surface area contributed by atoms with Crippen LogP contribution in [0.15, 0.2) is 200 Å². The van der Waals surface area contributed by atoms with Gasteiger partial charge in [0.25, 0.3) is 0 Å². The fraction of sp³-hybridized carbons (Fsp3) is 0.0192. The number of rotatable bonds is 5. The van der Waals surface area contributed by atoms with Crippen LogP contribution in [0.2, 0.25) is 0 Å². The second-order valence-corrected chi connectivity index (χ2v) is 14.3. The molecule has 0 amide bonds. The number of benzene rings is 8. The summed E-state index contributed by atoms with van der Waals surface area (Å²) < 4.78 is 6.70. The van der Waals surface area contributed by atoms with Gasteiger partial charge in [-0.15, -0.1) is 0 Å². The van der Waals surface area contributed by atoms with Crippen molar-refractivity contribution in [2.45, 2.75) is 5.41 Å². The summed E-state index contributed by atoms with van der Waals surface area (Å²) >= 11 is 0. The second-order valence-electron chi connectivity index (χ2n) is 14.3. The lowest BCUT2D eigenvalue weighted by atomic mass is 9.66. The fourth-order valence-corrected chi connectivity index (χ4v) is 8.76. The van der Waals surface area contributed by atoms with Crippen LogP contribution in [0.1, 0.15) is 22.3 Å². The first-order valence-electron chi connectivity index (χ1n) is 18.9. The van der Waals surface area contributed by atoms with Gasteiger partial charge in [-0.25, -0.2) is 15.0 Å². The molecule has 56 heavy (non-hydrogen) atoms. The summed E-state index contributed by atoms with van der Waals surface area (Å²) in [6.07, 6.45) is 0. The maximum atomic E-state index is 6.70. The Morgan fingerprint density at radius 3 is 1.48 bits per heavy atom. The van der Waals surface area contributed by atoms with Gasteiger partial charge in [0.15, 0.2) is 17.5 Å². The molecule has 1 aromatic heterocycles. The molecule has 262 valence electrons. The van der Waals surface area contributed by atoms with Crippen molar-refractivity contribution in [1.29, 1.82) is 0 Å². The first kappa shape index (κ1) is 32.0. The minimum Gasteiger partial charge on any atom is -0.457 e. The molecule has 0 bridgehead atoms. The van der Waals surface area contributed by atoms with Crippen LogP contribution in [0.5, 0.6) is 11.5 Å². The Labute approximate surface area is 325 Å². The molecule has 2 heterocycles. The topological polar surface area (TPSA) is 47.9 Å². The van der Waals surface area contributed by atoms with E-state index in [4.69, 9.17) is 19.7 Å². The van der Waals surface area contributed by atoms with E-state index in [-0.39, 0.29) is 0 Å². The van der Waals surface area contributed by atoms with Crippen LogP contribution in [-0.2, 0) is 5.41 Å². The lowest BCUT2D eigenvalue weighted by Crippen LogP contribution is -2.32. The van der Waals surface area contributed by atoms with Gasteiger partial charge in [-0.1, -0.05) is 176 Å². The molecule has 9 aromatic rings. The molecule has 8 aromatic carbocycles. The van der Waals surface area contributed by atoms with Crippen LogP contribution < -0.4 is 4.74 Å². The predicted molar refractivity (Wildman–Crippen MR) is 224 cm³/mol. The van der Waals surface area contributed by atoms with Gasteiger partial charge in [-0.2, -0.15) is 0 Å². The fourth-order valence-electron chi connectivity index (χ4n) is 8.76. The highest BCUT2D eigenvalue weighted by molar-refractivity contribution is 5.89. The third-order valence-electron chi connectivity index (χ3n) is 11.2. The van der Waals surface area contributed by atoms with Crippen LogP contribution in [-0.4, -0.2) is 15.0 Å². The lowest BCUT2D eigenvalue weighted by Gasteiger charge is -2.39. The van der Waals surface area contributed by atoms with Crippen LogP contribution >= 0.6 is 0 Å². The number of hydrogen-bond donors (Lipinski definition) is 0. The number of hydrogen-bond acceptors (Lipinski definition) is 4. The molecule has 11 rings (SSSR count).